The molecule has 1 aromatic rings. The normalized spacial score (nSPS) is 36.8. The molecule has 1 unspecified atom stereocenters. The summed E-state index contributed by atoms with van der Waals surface area (Å²) in [5.74, 6) is 0.744. The zero-order chi connectivity index (χ0) is 12.3. The summed E-state index contributed by atoms with van der Waals surface area (Å²) in [5.41, 5.74) is 5.04. The van der Waals surface area contributed by atoms with Gasteiger partial charge in [-0.25, -0.2) is 0 Å². The van der Waals surface area contributed by atoms with Crippen LogP contribution in [-0.4, -0.2) is 19.1 Å². The van der Waals surface area contributed by atoms with Gasteiger partial charge in [-0.2, -0.15) is 0 Å². The van der Waals surface area contributed by atoms with Gasteiger partial charge in [-0.1, -0.05) is 6.92 Å². The van der Waals surface area contributed by atoms with Gasteiger partial charge in [0.05, 0.1) is 0 Å². The van der Waals surface area contributed by atoms with Gasteiger partial charge in [0.2, 0.25) is 0 Å². The minimum Gasteiger partial charge on any atom is -0.384 e. The number of hydrogen-bond donors (Lipinski definition) is 2. The van der Waals surface area contributed by atoms with Crippen LogP contribution >= 0.6 is 22.6 Å². The Morgan fingerprint density at radius 1 is 1.39 bits per heavy atom. The second kappa shape index (κ2) is 3.85. The van der Waals surface area contributed by atoms with Crippen molar-refractivity contribution < 1.29 is 0 Å². The van der Waals surface area contributed by atoms with E-state index < -0.39 is 0 Å². The first-order valence-corrected chi connectivity index (χ1v) is 8.07. The zero-order valence-electron chi connectivity index (χ0n) is 10.7. The number of hydrogen-bond acceptors (Lipinski definition) is 2. The minimum absolute atomic E-state index is 0.345. The van der Waals surface area contributed by atoms with E-state index >= 15 is 0 Å². The molecule has 4 rings (SSSR count). The molecule has 3 aliphatic rings. The quantitative estimate of drug-likeness (QED) is 0.700. The average molecular weight is 354 g/mol. The van der Waals surface area contributed by atoms with E-state index in [9.17, 15) is 0 Å². The number of halogens is 1. The summed E-state index contributed by atoms with van der Waals surface area (Å²) in [7, 11) is 0. The number of nitrogens with one attached hydrogen (secondary N) is 2. The van der Waals surface area contributed by atoms with Crippen LogP contribution in [0.4, 0.5) is 5.69 Å². The van der Waals surface area contributed by atoms with Crippen LogP contribution in [0.1, 0.15) is 43.2 Å². The minimum atomic E-state index is 0.345. The fourth-order valence-corrected chi connectivity index (χ4v) is 5.15. The molecule has 0 radical (unpaired) electrons. The van der Waals surface area contributed by atoms with Crippen LogP contribution in [0.3, 0.4) is 0 Å². The Balaban J connectivity index is 1.95. The summed E-state index contributed by atoms with van der Waals surface area (Å²) >= 11 is 2.54. The van der Waals surface area contributed by atoms with Crippen molar-refractivity contribution in [3.63, 3.8) is 0 Å². The Kier molecular flexibility index (Phi) is 2.47. The van der Waals surface area contributed by atoms with Crippen LogP contribution < -0.4 is 10.6 Å². The van der Waals surface area contributed by atoms with E-state index in [4.69, 9.17) is 0 Å². The van der Waals surface area contributed by atoms with Crippen molar-refractivity contribution >= 4 is 28.3 Å². The van der Waals surface area contributed by atoms with Crippen molar-refractivity contribution in [2.24, 2.45) is 0 Å². The van der Waals surface area contributed by atoms with E-state index in [0.29, 0.717) is 11.5 Å². The molecular formula is C15H19IN2. The lowest BCUT2D eigenvalue weighted by molar-refractivity contribution is 0.260. The summed E-state index contributed by atoms with van der Waals surface area (Å²) in [4.78, 5) is 0. The number of benzene rings is 1. The van der Waals surface area contributed by atoms with Crippen molar-refractivity contribution in [3.8, 4) is 0 Å². The number of piperidine rings is 1. The van der Waals surface area contributed by atoms with E-state index in [2.05, 4.69) is 52.3 Å². The van der Waals surface area contributed by atoms with E-state index in [1.807, 2.05) is 0 Å². The fourth-order valence-electron chi connectivity index (χ4n) is 4.31. The molecule has 0 amide bonds. The molecule has 3 atom stereocenters. The molecule has 0 bridgehead atoms. The third-order valence-electron chi connectivity index (χ3n) is 5.09. The zero-order valence-corrected chi connectivity index (χ0v) is 12.9. The number of fused-ring (bicyclic) bond motifs is 2. The number of rotatable bonds is 0. The lowest BCUT2D eigenvalue weighted by atomic mass is 9.64. The van der Waals surface area contributed by atoms with Crippen molar-refractivity contribution in [2.45, 2.75) is 43.6 Å². The van der Waals surface area contributed by atoms with Gasteiger partial charge in [-0.3, -0.25) is 0 Å². The van der Waals surface area contributed by atoms with Crippen LogP contribution in [0.25, 0.3) is 0 Å². The molecule has 1 saturated heterocycles. The highest BCUT2D eigenvalue weighted by atomic mass is 127. The maximum Gasteiger partial charge on any atom is 0.0382 e. The highest BCUT2D eigenvalue weighted by Gasteiger charge is 2.47. The second-order valence-corrected chi connectivity index (χ2v) is 7.47. The molecule has 18 heavy (non-hydrogen) atoms. The molecule has 2 aliphatic heterocycles. The maximum atomic E-state index is 3.77. The summed E-state index contributed by atoms with van der Waals surface area (Å²) < 4.78 is 1.47. The van der Waals surface area contributed by atoms with Gasteiger partial charge in [0, 0.05) is 33.2 Å². The lowest BCUT2D eigenvalue weighted by Crippen LogP contribution is -2.48. The average Bonchev–Trinajstić information content (AvgIpc) is 2.70. The fraction of sp³-hybridized carbons (Fsp3) is 0.600. The van der Waals surface area contributed by atoms with Crippen molar-refractivity contribution in [1.29, 1.82) is 0 Å². The van der Waals surface area contributed by atoms with Crippen LogP contribution in [0.5, 0.6) is 0 Å². The van der Waals surface area contributed by atoms with E-state index in [0.717, 1.165) is 12.5 Å². The van der Waals surface area contributed by atoms with Gasteiger partial charge < -0.3 is 10.6 Å². The topological polar surface area (TPSA) is 24.1 Å². The first-order chi connectivity index (χ1) is 8.69. The van der Waals surface area contributed by atoms with Gasteiger partial charge in [0.25, 0.3) is 0 Å². The van der Waals surface area contributed by atoms with Gasteiger partial charge in [0.1, 0.15) is 0 Å². The largest absolute Gasteiger partial charge is 0.384 e. The number of anilines is 1. The van der Waals surface area contributed by atoms with Gasteiger partial charge in [-0.15, -0.1) is 0 Å². The highest BCUT2D eigenvalue weighted by Crippen LogP contribution is 2.52. The molecule has 3 heteroatoms. The third kappa shape index (κ3) is 1.43. The van der Waals surface area contributed by atoms with Gasteiger partial charge in [0.15, 0.2) is 0 Å². The Bertz CT molecular complexity index is 513. The molecule has 1 aromatic carbocycles. The first-order valence-electron chi connectivity index (χ1n) is 6.99. The van der Waals surface area contributed by atoms with Gasteiger partial charge >= 0.3 is 0 Å². The van der Waals surface area contributed by atoms with Crippen LogP contribution in [0, 0.1) is 3.57 Å². The van der Waals surface area contributed by atoms with Crippen molar-refractivity contribution in [3.05, 3.63) is 26.8 Å². The molecule has 1 fully saturated rings. The Hall–Kier alpha value is -0.290. The van der Waals surface area contributed by atoms with Crippen molar-refractivity contribution in [2.75, 3.05) is 18.4 Å². The Morgan fingerprint density at radius 2 is 2.28 bits per heavy atom. The lowest BCUT2D eigenvalue weighted by Gasteiger charge is -2.45. The molecule has 2 heterocycles. The van der Waals surface area contributed by atoms with E-state index in [1.54, 1.807) is 11.1 Å². The summed E-state index contributed by atoms with van der Waals surface area (Å²) in [6.45, 7) is 4.76. The molecule has 96 valence electrons. The van der Waals surface area contributed by atoms with E-state index in [-0.39, 0.29) is 0 Å². The van der Waals surface area contributed by atoms with E-state index in [1.165, 1.54) is 35.1 Å². The SMILES string of the molecule is CC12CNc3ccc(I)c(c31)[C@H]1CCCN[C@@H]1C2. The monoisotopic (exact) mass is 354 g/mol. The Labute approximate surface area is 122 Å². The predicted molar refractivity (Wildman–Crippen MR) is 83.4 cm³/mol. The summed E-state index contributed by atoms with van der Waals surface area (Å²) in [5, 5.41) is 7.40. The highest BCUT2D eigenvalue weighted by molar-refractivity contribution is 14.1. The molecule has 0 spiro atoms. The smallest absolute Gasteiger partial charge is 0.0382 e. The van der Waals surface area contributed by atoms with Crippen LogP contribution in [0.15, 0.2) is 12.1 Å². The maximum absolute atomic E-state index is 3.77. The summed E-state index contributed by atoms with van der Waals surface area (Å²) in [6, 6.07) is 5.27. The Morgan fingerprint density at radius 3 is 3.17 bits per heavy atom. The molecule has 0 aromatic heterocycles. The molecule has 1 aliphatic carbocycles. The molecule has 2 N–H and O–H groups in total. The molecular weight excluding hydrogens is 335 g/mol. The predicted octanol–water partition coefficient (Wildman–Crippen LogP) is 3.21. The van der Waals surface area contributed by atoms with Gasteiger partial charge in [-0.05, 0) is 71.7 Å². The van der Waals surface area contributed by atoms with Crippen LogP contribution in [0.2, 0.25) is 0 Å². The molecule has 0 saturated carbocycles. The second-order valence-electron chi connectivity index (χ2n) is 6.31. The first kappa shape index (κ1) is 11.5. The van der Waals surface area contributed by atoms with Crippen molar-refractivity contribution in [1.82, 2.24) is 5.32 Å². The summed E-state index contributed by atoms with van der Waals surface area (Å²) in [6.07, 6.45) is 3.98. The third-order valence-corrected chi connectivity index (χ3v) is 6.03. The standard InChI is InChI=1S/C15H19IN2/c1-15-7-12-9(3-2-6-17-12)13-10(16)4-5-11(14(13)15)18-8-15/h4-5,9,12,17-18H,2-3,6-8H2,1H3/t9-,12+,15?/m0/s1. The molecule has 2 nitrogen and oxygen atoms in total. The van der Waals surface area contributed by atoms with Crippen LogP contribution in [-0.2, 0) is 5.41 Å².